The van der Waals surface area contributed by atoms with Crippen molar-refractivity contribution in [3.63, 3.8) is 0 Å². The van der Waals surface area contributed by atoms with Gasteiger partial charge in [-0.3, -0.25) is 9.10 Å². The summed E-state index contributed by atoms with van der Waals surface area (Å²) in [6.45, 7) is 1.94. The number of ether oxygens (including phenoxy) is 2. The van der Waals surface area contributed by atoms with Crippen LogP contribution in [-0.4, -0.2) is 33.7 Å². The van der Waals surface area contributed by atoms with Crippen LogP contribution in [0.3, 0.4) is 0 Å². The van der Waals surface area contributed by atoms with E-state index in [1.807, 2.05) is 43.5 Å². The summed E-state index contributed by atoms with van der Waals surface area (Å²) in [5.41, 5.74) is 0.868. The Bertz CT molecular complexity index is 1440. The zero-order valence-electron chi connectivity index (χ0n) is 21.0. The topological polar surface area (TPSA) is 84.9 Å². The van der Waals surface area contributed by atoms with E-state index in [1.165, 1.54) is 11.8 Å². The second-order valence-corrected chi connectivity index (χ2v) is 10.8. The molecule has 0 aromatic heterocycles. The van der Waals surface area contributed by atoms with E-state index in [2.05, 4.69) is 5.32 Å². The lowest BCUT2D eigenvalue weighted by atomic mass is 10.3. The van der Waals surface area contributed by atoms with E-state index >= 15 is 0 Å². The van der Waals surface area contributed by atoms with Crippen LogP contribution in [0.5, 0.6) is 17.2 Å². The standard InChI is InChI=1S/C29H28N2O5S2/c1-3-35-24-15-11-23(12-16-24)31(38(33,34)28-19-17-27(37-2)18-20-28)21-29(32)30-22-9-13-26(14-10-22)36-25-7-5-4-6-8-25/h4-20H,3,21H2,1-2H3,(H,30,32). The molecule has 0 radical (unpaired) electrons. The van der Waals surface area contributed by atoms with Gasteiger partial charge in [-0.05, 0) is 98.1 Å². The molecule has 1 amide bonds. The summed E-state index contributed by atoms with van der Waals surface area (Å²) >= 11 is 1.52. The zero-order valence-corrected chi connectivity index (χ0v) is 22.7. The molecule has 196 valence electrons. The Balaban J connectivity index is 1.53. The second-order valence-electron chi connectivity index (χ2n) is 8.10. The van der Waals surface area contributed by atoms with E-state index in [0.717, 1.165) is 9.20 Å². The van der Waals surface area contributed by atoms with Crippen LogP contribution < -0.4 is 19.1 Å². The summed E-state index contributed by atoms with van der Waals surface area (Å²) in [6.07, 6.45) is 1.92. The third kappa shape index (κ3) is 6.87. The number of hydrogen-bond acceptors (Lipinski definition) is 6. The van der Waals surface area contributed by atoms with Gasteiger partial charge < -0.3 is 14.8 Å². The number of nitrogens with one attached hydrogen (secondary N) is 1. The van der Waals surface area contributed by atoms with E-state index in [1.54, 1.807) is 72.8 Å². The summed E-state index contributed by atoms with van der Waals surface area (Å²) in [7, 11) is -4.03. The van der Waals surface area contributed by atoms with Gasteiger partial charge in [0.05, 0.1) is 17.2 Å². The quantitative estimate of drug-likeness (QED) is 0.217. The maximum atomic E-state index is 13.6. The molecule has 0 aliphatic rings. The normalized spacial score (nSPS) is 11.0. The number of nitrogens with zero attached hydrogens (tertiary/aromatic N) is 1. The van der Waals surface area contributed by atoms with Crippen LogP contribution in [-0.2, 0) is 14.8 Å². The highest BCUT2D eigenvalue weighted by Crippen LogP contribution is 2.28. The highest BCUT2D eigenvalue weighted by atomic mass is 32.2. The molecule has 4 rings (SSSR count). The lowest BCUT2D eigenvalue weighted by molar-refractivity contribution is -0.114. The molecule has 0 spiro atoms. The van der Waals surface area contributed by atoms with Gasteiger partial charge in [-0.1, -0.05) is 18.2 Å². The average molecular weight is 549 g/mol. The van der Waals surface area contributed by atoms with Crippen LogP contribution in [0.25, 0.3) is 0 Å². The van der Waals surface area contributed by atoms with Crippen molar-refractivity contribution >= 4 is 39.1 Å². The molecular weight excluding hydrogens is 520 g/mol. The third-order valence-electron chi connectivity index (χ3n) is 5.49. The fourth-order valence-corrected chi connectivity index (χ4v) is 5.46. The lowest BCUT2D eigenvalue weighted by Gasteiger charge is -2.24. The Labute approximate surface area is 227 Å². The third-order valence-corrected chi connectivity index (χ3v) is 8.02. The van der Waals surface area contributed by atoms with E-state index in [9.17, 15) is 13.2 Å². The van der Waals surface area contributed by atoms with Crippen LogP contribution in [0, 0.1) is 0 Å². The van der Waals surface area contributed by atoms with Gasteiger partial charge >= 0.3 is 0 Å². The zero-order chi connectivity index (χ0) is 27.0. The smallest absolute Gasteiger partial charge is 0.264 e. The van der Waals surface area contributed by atoms with Gasteiger partial charge in [-0.15, -0.1) is 11.8 Å². The molecule has 4 aromatic rings. The molecule has 0 heterocycles. The van der Waals surface area contributed by atoms with E-state index in [-0.39, 0.29) is 4.90 Å². The maximum Gasteiger partial charge on any atom is 0.264 e. The van der Waals surface area contributed by atoms with E-state index in [0.29, 0.717) is 35.2 Å². The average Bonchev–Trinajstić information content (AvgIpc) is 2.94. The van der Waals surface area contributed by atoms with E-state index < -0.39 is 22.5 Å². The van der Waals surface area contributed by atoms with Crippen LogP contribution in [0.2, 0.25) is 0 Å². The van der Waals surface area contributed by atoms with Gasteiger partial charge in [0, 0.05) is 10.6 Å². The Morgan fingerprint density at radius 2 is 1.42 bits per heavy atom. The van der Waals surface area contributed by atoms with Gasteiger partial charge in [0.1, 0.15) is 23.8 Å². The van der Waals surface area contributed by atoms with Crippen molar-refractivity contribution in [1.29, 1.82) is 0 Å². The number of anilines is 2. The van der Waals surface area contributed by atoms with Crippen molar-refractivity contribution in [2.75, 3.05) is 29.0 Å². The van der Waals surface area contributed by atoms with Gasteiger partial charge in [0.15, 0.2) is 0 Å². The summed E-state index contributed by atoms with van der Waals surface area (Å²) in [6, 6.07) is 29.4. The number of carbonyl (C=O) groups is 1. The number of para-hydroxylation sites is 1. The Morgan fingerprint density at radius 1 is 0.816 bits per heavy atom. The largest absolute Gasteiger partial charge is 0.494 e. The van der Waals surface area contributed by atoms with Crippen LogP contribution in [0.15, 0.2) is 113 Å². The van der Waals surface area contributed by atoms with Gasteiger partial charge in [0.25, 0.3) is 10.0 Å². The molecule has 0 saturated heterocycles. The molecule has 1 N–H and O–H groups in total. The van der Waals surface area contributed by atoms with Crippen molar-refractivity contribution in [3.05, 3.63) is 103 Å². The molecule has 4 aromatic carbocycles. The highest BCUT2D eigenvalue weighted by molar-refractivity contribution is 7.98. The number of carbonyl (C=O) groups excluding carboxylic acids is 1. The number of benzene rings is 4. The number of hydrogen-bond donors (Lipinski definition) is 1. The number of thioether (sulfide) groups is 1. The number of amides is 1. The van der Waals surface area contributed by atoms with Gasteiger partial charge in [0.2, 0.25) is 5.91 Å². The van der Waals surface area contributed by atoms with E-state index in [4.69, 9.17) is 9.47 Å². The molecule has 0 unspecified atom stereocenters. The van der Waals surface area contributed by atoms with Crippen molar-refractivity contribution in [2.24, 2.45) is 0 Å². The van der Waals surface area contributed by atoms with Crippen molar-refractivity contribution in [3.8, 4) is 17.2 Å². The van der Waals surface area contributed by atoms with Gasteiger partial charge in [-0.2, -0.15) is 0 Å². The molecule has 0 fully saturated rings. The number of rotatable bonds is 11. The highest BCUT2D eigenvalue weighted by Gasteiger charge is 2.27. The Morgan fingerprint density at radius 3 is 2.03 bits per heavy atom. The summed E-state index contributed by atoms with van der Waals surface area (Å²) in [5.74, 6) is 1.44. The number of sulfonamides is 1. The first kappa shape index (κ1) is 27.1. The second kappa shape index (κ2) is 12.5. The minimum absolute atomic E-state index is 0.0967. The van der Waals surface area contributed by atoms with Crippen molar-refractivity contribution < 1.29 is 22.7 Å². The summed E-state index contributed by atoms with van der Waals surface area (Å²) in [5, 5.41) is 2.78. The maximum absolute atomic E-state index is 13.6. The van der Waals surface area contributed by atoms with Crippen molar-refractivity contribution in [1.82, 2.24) is 0 Å². The molecule has 9 heteroatoms. The molecular formula is C29H28N2O5S2. The minimum Gasteiger partial charge on any atom is -0.494 e. The lowest BCUT2D eigenvalue weighted by Crippen LogP contribution is -2.38. The fraction of sp³-hybridized carbons (Fsp3) is 0.138. The first-order valence-corrected chi connectivity index (χ1v) is 14.6. The van der Waals surface area contributed by atoms with Crippen LogP contribution in [0.1, 0.15) is 6.92 Å². The Kier molecular flexibility index (Phi) is 8.93. The van der Waals surface area contributed by atoms with Gasteiger partial charge in [-0.25, -0.2) is 8.42 Å². The molecule has 7 nitrogen and oxygen atoms in total. The Hall–Kier alpha value is -3.95. The molecule has 0 aliphatic carbocycles. The predicted octanol–water partition coefficient (Wildman–Crippen LogP) is 6.43. The monoisotopic (exact) mass is 548 g/mol. The molecule has 0 bridgehead atoms. The predicted molar refractivity (Wildman–Crippen MR) is 152 cm³/mol. The van der Waals surface area contributed by atoms with Crippen LogP contribution >= 0.6 is 11.8 Å². The van der Waals surface area contributed by atoms with Crippen LogP contribution in [0.4, 0.5) is 11.4 Å². The first-order valence-electron chi connectivity index (χ1n) is 11.9. The SMILES string of the molecule is CCOc1ccc(N(CC(=O)Nc2ccc(Oc3ccccc3)cc2)S(=O)(=O)c2ccc(SC)cc2)cc1. The van der Waals surface area contributed by atoms with Crippen molar-refractivity contribution in [2.45, 2.75) is 16.7 Å². The minimum atomic E-state index is -4.03. The fourth-order valence-electron chi connectivity index (χ4n) is 3.63. The molecule has 0 saturated carbocycles. The first-order chi connectivity index (χ1) is 18.4. The summed E-state index contributed by atoms with van der Waals surface area (Å²) in [4.78, 5) is 14.1. The molecule has 0 atom stereocenters. The molecule has 38 heavy (non-hydrogen) atoms. The summed E-state index contributed by atoms with van der Waals surface area (Å²) < 4.78 is 39.6. The molecule has 0 aliphatic heterocycles.